The van der Waals surface area contributed by atoms with Gasteiger partial charge in [0, 0.05) is 12.5 Å². The average molecular weight is 450 g/mol. The van der Waals surface area contributed by atoms with E-state index in [0.29, 0.717) is 34.7 Å². The summed E-state index contributed by atoms with van der Waals surface area (Å²) in [4.78, 5) is 0. The molecule has 2 N–H and O–H groups in total. The number of fused-ring (bicyclic) bond motifs is 7. The molecule has 31 heavy (non-hydrogen) atoms. The molecule has 2 heterocycles. The SMILES string of the molecule is C[C@H]1CN[C@@]2(O[C@H]3C[C@H]4[C@@H]5CC[C@H]6C[C@@H](O)CC[C@]6(C)[C@H]5CC[C@]4(C)[C@H]3[C@@H]2C)[C@H](Cl)C1. The quantitative estimate of drug-likeness (QED) is 0.474. The number of hydrogen-bond acceptors (Lipinski definition) is 3. The highest BCUT2D eigenvalue weighted by atomic mass is 35.5. The van der Waals surface area contributed by atoms with Gasteiger partial charge in [-0.2, -0.15) is 0 Å². The molecule has 0 unspecified atom stereocenters. The molecule has 0 bridgehead atoms. The zero-order chi connectivity index (χ0) is 21.8. The molecule has 4 aliphatic carbocycles. The van der Waals surface area contributed by atoms with Crippen LogP contribution in [0.25, 0.3) is 0 Å². The van der Waals surface area contributed by atoms with Crippen LogP contribution in [0.1, 0.15) is 85.5 Å². The van der Waals surface area contributed by atoms with Crippen molar-refractivity contribution in [1.82, 2.24) is 5.32 Å². The number of ether oxygens (including phenoxy) is 1. The minimum absolute atomic E-state index is 0.0473. The highest BCUT2D eigenvalue weighted by Gasteiger charge is 2.69. The van der Waals surface area contributed by atoms with Crippen molar-refractivity contribution in [2.75, 3.05) is 6.54 Å². The van der Waals surface area contributed by atoms with Gasteiger partial charge in [-0.15, -0.1) is 11.6 Å². The number of halogens is 1. The van der Waals surface area contributed by atoms with Crippen molar-refractivity contribution in [1.29, 1.82) is 0 Å². The smallest absolute Gasteiger partial charge is 0.139 e. The summed E-state index contributed by atoms with van der Waals surface area (Å²) in [7, 11) is 0. The van der Waals surface area contributed by atoms with E-state index >= 15 is 0 Å². The first-order chi connectivity index (χ1) is 14.7. The number of piperidine rings is 1. The molecule has 0 aromatic rings. The maximum Gasteiger partial charge on any atom is 0.139 e. The van der Waals surface area contributed by atoms with E-state index in [4.69, 9.17) is 16.3 Å². The molecule has 0 aromatic carbocycles. The lowest BCUT2D eigenvalue weighted by atomic mass is 9.44. The lowest BCUT2D eigenvalue weighted by molar-refractivity contribution is -0.139. The summed E-state index contributed by atoms with van der Waals surface area (Å²) in [5.74, 6) is 5.02. The van der Waals surface area contributed by atoms with E-state index in [1.54, 1.807) is 0 Å². The van der Waals surface area contributed by atoms with Crippen molar-refractivity contribution in [3.8, 4) is 0 Å². The van der Waals surface area contributed by atoms with Gasteiger partial charge in [0.2, 0.25) is 0 Å². The monoisotopic (exact) mass is 449 g/mol. The molecule has 1 spiro atoms. The van der Waals surface area contributed by atoms with Crippen molar-refractivity contribution in [2.45, 2.75) is 109 Å². The molecular weight excluding hydrogens is 406 g/mol. The molecular formula is C27H44ClNO2. The lowest BCUT2D eigenvalue weighted by Gasteiger charge is -2.61. The highest BCUT2D eigenvalue weighted by Crippen LogP contribution is 2.71. The summed E-state index contributed by atoms with van der Waals surface area (Å²) < 4.78 is 6.99. The number of hydrogen-bond donors (Lipinski definition) is 2. The summed E-state index contributed by atoms with van der Waals surface area (Å²) in [6, 6.07) is 0. The van der Waals surface area contributed by atoms with Crippen molar-refractivity contribution in [3.05, 3.63) is 0 Å². The zero-order valence-corrected chi connectivity index (χ0v) is 20.8. The predicted octanol–water partition coefficient (Wildman–Crippen LogP) is 5.58. The van der Waals surface area contributed by atoms with Crippen molar-refractivity contribution in [3.63, 3.8) is 0 Å². The normalized spacial score (nSPS) is 63.3. The summed E-state index contributed by atoms with van der Waals surface area (Å²) in [5.41, 5.74) is 0.544. The van der Waals surface area contributed by atoms with Crippen LogP contribution in [-0.2, 0) is 4.74 Å². The fourth-order valence-corrected chi connectivity index (χ4v) is 11.2. The Kier molecular flexibility index (Phi) is 4.96. The molecule has 176 valence electrons. The van der Waals surface area contributed by atoms with Gasteiger partial charge in [0.1, 0.15) is 5.72 Å². The fourth-order valence-electron chi connectivity index (χ4n) is 10.5. The van der Waals surface area contributed by atoms with Crippen LogP contribution in [0, 0.1) is 52.3 Å². The maximum absolute atomic E-state index is 10.3. The van der Waals surface area contributed by atoms with Crippen LogP contribution in [0.4, 0.5) is 0 Å². The van der Waals surface area contributed by atoms with Gasteiger partial charge >= 0.3 is 0 Å². The molecule has 4 heteroatoms. The second-order valence-corrected chi connectivity index (χ2v) is 13.8. The average Bonchev–Trinajstić information content (AvgIpc) is 3.17. The molecule has 13 atom stereocenters. The number of aliphatic hydroxyl groups is 1. The third-order valence-corrected chi connectivity index (χ3v) is 12.6. The Labute approximate surface area is 194 Å². The number of alkyl halides is 1. The molecule has 0 amide bonds. The van der Waals surface area contributed by atoms with Crippen LogP contribution in [-0.4, -0.2) is 35.0 Å². The van der Waals surface area contributed by atoms with Gasteiger partial charge in [-0.05, 0) is 104 Å². The summed E-state index contributed by atoms with van der Waals surface area (Å²) in [6.45, 7) is 11.0. The molecule has 2 aliphatic heterocycles. The van der Waals surface area contributed by atoms with Gasteiger partial charge < -0.3 is 9.84 Å². The first-order valence-corrected chi connectivity index (χ1v) is 13.9. The van der Waals surface area contributed by atoms with Gasteiger partial charge in [0.05, 0.1) is 17.6 Å². The maximum atomic E-state index is 10.3. The fraction of sp³-hybridized carbons (Fsp3) is 1.00. The Morgan fingerprint density at radius 1 is 0.935 bits per heavy atom. The van der Waals surface area contributed by atoms with Crippen LogP contribution in [0.5, 0.6) is 0 Å². The van der Waals surface area contributed by atoms with Gasteiger partial charge in [-0.3, -0.25) is 5.32 Å². The van der Waals surface area contributed by atoms with Crippen LogP contribution in [0.2, 0.25) is 0 Å². The second kappa shape index (κ2) is 7.09. The van der Waals surface area contributed by atoms with Crippen molar-refractivity contribution in [2.24, 2.45) is 52.3 Å². The molecule has 0 radical (unpaired) electrons. The molecule has 6 rings (SSSR count). The van der Waals surface area contributed by atoms with Crippen molar-refractivity contribution < 1.29 is 9.84 Å². The minimum Gasteiger partial charge on any atom is -0.393 e. The summed E-state index contributed by atoms with van der Waals surface area (Å²) in [6.07, 6.45) is 11.4. The number of aliphatic hydroxyl groups excluding tert-OH is 1. The number of rotatable bonds is 0. The topological polar surface area (TPSA) is 41.5 Å². The van der Waals surface area contributed by atoms with E-state index in [9.17, 15) is 5.11 Å². The zero-order valence-electron chi connectivity index (χ0n) is 20.1. The summed E-state index contributed by atoms with van der Waals surface area (Å²) >= 11 is 7.01. The Morgan fingerprint density at radius 2 is 1.71 bits per heavy atom. The van der Waals surface area contributed by atoms with E-state index in [1.807, 2.05) is 0 Å². The largest absolute Gasteiger partial charge is 0.393 e. The molecule has 6 fully saturated rings. The molecule has 4 saturated carbocycles. The third-order valence-electron chi connectivity index (χ3n) is 12.1. The first-order valence-electron chi connectivity index (χ1n) is 13.4. The molecule has 2 saturated heterocycles. The Hall–Kier alpha value is 0.170. The minimum atomic E-state index is -0.308. The van der Waals surface area contributed by atoms with Gasteiger partial charge in [-0.1, -0.05) is 27.7 Å². The van der Waals surface area contributed by atoms with E-state index in [0.717, 1.165) is 49.5 Å². The van der Waals surface area contributed by atoms with E-state index in [1.165, 1.54) is 38.5 Å². The summed E-state index contributed by atoms with van der Waals surface area (Å²) in [5, 5.41) is 14.2. The van der Waals surface area contributed by atoms with Crippen LogP contribution < -0.4 is 5.32 Å². The number of nitrogens with one attached hydrogen (secondary N) is 1. The van der Waals surface area contributed by atoms with E-state index < -0.39 is 0 Å². The van der Waals surface area contributed by atoms with Crippen LogP contribution in [0.3, 0.4) is 0 Å². The molecule has 6 aliphatic rings. The molecule has 0 aromatic heterocycles. The van der Waals surface area contributed by atoms with Crippen LogP contribution >= 0.6 is 11.6 Å². The Bertz CT molecular complexity index is 732. The van der Waals surface area contributed by atoms with Gasteiger partial charge in [-0.25, -0.2) is 0 Å². The van der Waals surface area contributed by atoms with E-state index in [2.05, 4.69) is 33.0 Å². The van der Waals surface area contributed by atoms with Crippen LogP contribution in [0.15, 0.2) is 0 Å². The lowest BCUT2D eigenvalue weighted by Crippen LogP contribution is -2.62. The highest BCUT2D eigenvalue weighted by molar-refractivity contribution is 6.21. The van der Waals surface area contributed by atoms with Gasteiger partial charge in [0.15, 0.2) is 0 Å². The Balaban J connectivity index is 1.27. The van der Waals surface area contributed by atoms with E-state index in [-0.39, 0.29) is 17.2 Å². The second-order valence-electron chi connectivity index (χ2n) is 13.3. The molecule has 3 nitrogen and oxygen atoms in total. The third kappa shape index (κ3) is 2.82. The van der Waals surface area contributed by atoms with Crippen molar-refractivity contribution >= 4 is 11.6 Å². The first kappa shape index (κ1) is 21.7. The standard InChI is InChI=1S/C27H44ClNO2/c1-15-11-23(28)27(29-14-15)16(2)24-22(31-27)13-21-19-6-5-17-12-18(30)7-9-25(17,3)20(19)8-10-26(21,24)4/h15-24,29-30H,5-14H2,1-4H3/t15-,16+,17+,18+,19-,20+,21+,22+,23-,24+,25+,26+,27+/m1/s1. The van der Waals surface area contributed by atoms with Gasteiger partial charge in [0.25, 0.3) is 0 Å². The Morgan fingerprint density at radius 3 is 2.48 bits per heavy atom. The predicted molar refractivity (Wildman–Crippen MR) is 125 cm³/mol.